The number of benzene rings is 2. The number of nitrogens with zero attached hydrogens (tertiary/aromatic N) is 1. The largest absolute Gasteiger partial charge is 0.441 e. The van der Waals surface area contributed by atoms with E-state index in [1.807, 2.05) is 18.2 Å². The maximum Gasteiger partial charge on any atom is 0.220 e. The molecule has 1 heterocycles. The summed E-state index contributed by atoms with van der Waals surface area (Å²) in [6.07, 6.45) is 1.97. The van der Waals surface area contributed by atoms with E-state index in [2.05, 4.69) is 10.3 Å². The molecule has 140 valence electrons. The van der Waals surface area contributed by atoms with E-state index < -0.39 is 17.7 Å². The standard InChI is InChI=1S/C20H17ClF2N2O2/c1-12(14-7-6-13(22)10-17(14)23)25-19(26)8-9-20-24-11-18(27-20)15-4-2-3-5-16(15)21/h2-7,10-12H,8-9H2,1H3,(H,25,26)/t12-/m1/s1. The summed E-state index contributed by atoms with van der Waals surface area (Å²) in [7, 11) is 0. The molecule has 1 N–H and O–H groups in total. The number of hydrogen-bond acceptors (Lipinski definition) is 3. The highest BCUT2D eigenvalue weighted by molar-refractivity contribution is 6.33. The van der Waals surface area contributed by atoms with E-state index in [1.165, 1.54) is 6.07 Å². The van der Waals surface area contributed by atoms with Crippen LogP contribution in [0.4, 0.5) is 8.78 Å². The molecule has 0 aliphatic carbocycles. The average Bonchev–Trinajstić information content (AvgIpc) is 3.09. The molecule has 0 aliphatic rings. The molecule has 1 aromatic heterocycles. The van der Waals surface area contributed by atoms with Crippen LogP contribution in [-0.2, 0) is 11.2 Å². The van der Waals surface area contributed by atoms with E-state index in [0.29, 0.717) is 16.7 Å². The van der Waals surface area contributed by atoms with Crippen molar-refractivity contribution >= 4 is 17.5 Å². The van der Waals surface area contributed by atoms with Crippen LogP contribution in [0.25, 0.3) is 11.3 Å². The lowest BCUT2D eigenvalue weighted by atomic mass is 10.1. The third kappa shape index (κ3) is 4.71. The summed E-state index contributed by atoms with van der Waals surface area (Å²) in [6, 6.07) is 9.91. The fourth-order valence-corrected chi connectivity index (χ4v) is 2.90. The molecule has 2 aromatic carbocycles. The highest BCUT2D eigenvalue weighted by Crippen LogP contribution is 2.28. The fraction of sp³-hybridized carbons (Fsp3) is 0.200. The molecule has 3 aromatic rings. The van der Waals surface area contributed by atoms with Gasteiger partial charge in [-0.05, 0) is 25.1 Å². The van der Waals surface area contributed by atoms with Crippen molar-refractivity contribution in [2.75, 3.05) is 0 Å². The number of aryl methyl sites for hydroxylation is 1. The smallest absolute Gasteiger partial charge is 0.220 e. The van der Waals surface area contributed by atoms with Gasteiger partial charge in [0, 0.05) is 30.0 Å². The first-order chi connectivity index (χ1) is 12.9. The minimum atomic E-state index is -0.695. The summed E-state index contributed by atoms with van der Waals surface area (Å²) in [5.41, 5.74) is 0.949. The Morgan fingerprint density at radius 2 is 2.04 bits per heavy atom. The van der Waals surface area contributed by atoms with Gasteiger partial charge in [0.25, 0.3) is 0 Å². The molecular formula is C20H17ClF2N2O2. The third-order valence-electron chi connectivity index (χ3n) is 4.07. The van der Waals surface area contributed by atoms with Gasteiger partial charge in [-0.3, -0.25) is 4.79 Å². The third-order valence-corrected chi connectivity index (χ3v) is 4.39. The van der Waals surface area contributed by atoms with Gasteiger partial charge in [0.1, 0.15) is 11.6 Å². The molecule has 0 saturated carbocycles. The molecule has 4 nitrogen and oxygen atoms in total. The molecule has 0 radical (unpaired) electrons. The van der Waals surface area contributed by atoms with Crippen molar-refractivity contribution in [2.24, 2.45) is 0 Å². The Kier molecular flexibility index (Phi) is 5.86. The minimum Gasteiger partial charge on any atom is -0.441 e. The van der Waals surface area contributed by atoms with Crippen molar-refractivity contribution < 1.29 is 18.0 Å². The Balaban J connectivity index is 1.57. The Bertz CT molecular complexity index is 959. The zero-order chi connectivity index (χ0) is 19.4. The number of rotatable bonds is 6. The zero-order valence-corrected chi connectivity index (χ0v) is 15.3. The van der Waals surface area contributed by atoms with Crippen LogP contribution in [0.3, 0.4) is 0 Å². The van der Waals surface area contributed by atoms with Gasteiger partial charge in [0.2, 0.25) is 5.91 Å². The Morgan fingerprint density at radius 3 is 2.78 bits per heavy atom. The van der Waals surface area contributed by atoms with Crippen LogP contribution < -0.4 is 5.32 Å². The number of nitrogens with one attached hydrogen (secondary N) is 1. The Morgan fingerprint density at radius 1 is 1.26 bits per heavy atom. The van der Waals surface area contributed by atoms with Crippen LogP contribution >= 0.6 is 11.6 Å². The van der Waals surface area contributed by atoms with Crippen LogP contribution in [0.5, 0.6) is 0 Å². The maximum absolute atomic E-state index is 13.8. The van der Waals surface area contributed by atoms with Crippen molar-refractivity contribution in [3.63, 3.8) is 0 Å². The van der Waals surface area contributed by atoms with E-state index in [-0.39, 0.29) is 24.3 Å². The molecule has 0 spiro atoms. The van der Waals surface area contributed by atoms with Gasteiger partial charge in [0.15, 0.2) is 11.7 Å². The van der Waals surface area contributed by atoms with Crippen molar-refractivity contribution in [1.82, 2.24) is 10.3 Å². The van der Waals surface area contributed by atoms with Gasteiger partial charge in [0.05, 0.1) is 17.3 Å². The summed E-state index contributed by atoms with van der Waals surface area (Å²) in [5.74, 6) is -0.713. The molecule has 0 bridgehead atoms. The van der Waals surface area contributed by atoms with Crippen LogP contribution in [0.2, 0.25) is 5.02 Å². The molecular weight excluding hydrogens is 374 g/mol. The van der Waals surface area contributed by atoms with Gasteiger partial charge in [-0.15, -0.1) is 0 Å². The SMILES string of the molecule is C[C@@H](NC(=O)CCc1ncc(-c2ccccc2Cl)o1)c1ccc(F)cc1F. The van der Waals surface area contributed by atoms with Crippen LogP contribution in [0, 0.1) is 11.6 Å². The highest BCUT2D eigenvalue weighted by atomic mass is 35.5. The van der Waals surface area contributed by atoms with Crippen molar-refractivity contribution in [3.8, 4) is 11.3 Å². The normalized spacial score (nSPS) is 12.0. The monoisotopic (exact) mass is 390 g/mol. The first-order valence-electron chi connectivity index (χ1n) is 8.38. The quantitative estimate of drug-likeness (QED) is 0.638. The number of carbonyl (C=O) groups excluding carboxylic acids is 1. The lowest BCUT2D eigenvalue weighted by molar-refractivity contribution is -0.121. The van der Waals surface area contributed by atoms with E-state index >= 15 is 0 Å². The van der Waals surface area contributed by atoms with Crippen molar-refractivity contribution in [2.45, 2.75) is 25.8 Å². The zero-order valence-electron chi connectivity index (χ0n) is 14.5. The predicted molar refractivity (Wildman–Crippen MR) is 98.2 cm³/mol. The van der Waals surface area contributed by atoms with Gasteiger partial charge in [-0.2, -0.15) is 0 Å². The molecule has 1 amide bonds. The number of halogens is 3. The van der Waals surface area contributed by atoms with E-state index in [0.717, 1.165) is 17.7 Å². The van der Waals surface area contributed by atoms with Gasteiger partial charge < -0.3 is 9.73 Å². The second kappa shape index (κ2) is 8.31. The van der Waals surface area contributed by atoms with Gasteiger partial charge in [-0.25, -0.2) is 13.8 Å². The Hall–Kier alpha value is -2.73. The number of amides is 1. The van der Waals surface area contributed by atoms with Crippen molar-refractivity contribution in [3.05, 3.63) is 76.8 Å². The number of aromatic nitrogens is 1. The molecule has 3 rings (SSSR count). The topological polar surface area (TPSA) is 55.1 Å². The Labute approximate surface area is 160 Å². The van der Waals surface area contributed by atoms with Gasteiger partial charge >= 0.3 is 0 Å². The maximum atomic E-state index is 13.8. The van der Waals surface area contributed by atoms with E-state index in [1.54, 1.807) is 19.2 Å². The molecule has 0 saturated heterocycles. The first-order valence-corrected chi connectivity index (χ1v) is 8.75. The van der Waals surface area contributed by atoms with Crippen LogP contribution in [0.1, 0.15) is 30.8 Å². The lowest BCUT2D eigenvalue weighted by Gasteiger charge is -2.14. The molecule has 1 atom stereocenters. The molecule has 7 heteroatoms. The molecule has 0 fully saturated rings. The van der Waals surface area contributed by atoms with E-state index in [9.17, 15) is 13.6 Å². The average molecular weight is 391 g/mol. The van der Waals surface area contributed by atoms with Gasteiger partial charge in [-0.1, -0.05) is 29.8 Å². The summed E-state index contributed by atoms with van der Waals surface area (Å²) in [5, 5.41) is 3.23. The molecule has 27 heavy (non-hydrogen) atoms. The first kappa shape index (κ1) is 19.0. The highest BCUT2D eigenvalue weighted by Gasteiger charge is 2.15. The number of hydrogen-bond donors (Lipinski definition) is 1. The summed E-state index contributed by atoms with van der Waals surface area (Å²) in [6.45, 7) is 1.63. The second-order valence-electron chi connectivity index (χ2n) is 6.05. The van der Waals surface area contributed by atoms with Crippen LogP contribution in [-0.4, -0.2) is 10.9 Å². The summed E-state index contributed by atoms with van der Waals surface area (Å²) >= 11 is 6.13. The fourth-order valence-electron chi connectivity index (χ4n) is 2.68. The summed E-state index contributed by atoms with van der Waals surface area (Å²) in [4.78, 5) is 16.3. The number of oxazole rings is 1. The van der Waals surface area contributed by atoms with E-state index in [4.69, 9.17) is 16.0 Å². The van der Waals surface area contributed by atoms with Crippen molar-refractivity contribution in [1.29, 1.82) is 0 Å². The van der Waals surface area contributed by atoms with Crippen LogP contribution in [0.15, 0.2) is 53.1 Å². The minimum absolute atomic E-state index is 0.121. The summed E-state index contributed by atoms with van der Waals surface area (Å²) < 4.78 is 32.4. The number of carbonyl (C=O) groups is 1. The molecule has 0 unspecified atom stereocenters. The lowest BCUT2D eigenvalue weighted by Crippen LogP contribution is -2.27. The second-order valence-corrected chi connectivity index (χ2v) is 6.46. The predicted octanol–water partition coefficient (Wildman–Crippen LogP) is 5.08. The molecule has 0 aliphatic heterocycles.